The number of nitrogens with zero attached hydrogens (tertiary/aromatic N) is 1. The first kappa shape index (κ1) is 19.9. The number of nitrogens with one attached hydrogen (secondary N) is 2. The molecule has 1 atom stereocenters. The summed E-state index contributed by atoms with van der Waals surface area (Å²) in [7, 11) is 1.53. The average molecular weight is 420 g/mol. The summed E-state index contributed by atoms with van der Waals surface area (Å²) in [5.41, 5.74) is 3.75. The van der Waals surface area contributed by atoms with E-state index in [2.05, 4.69) is 15.5 Å². The Morgan fingerprint density at radius 3 is 2.77 bits per heavy atom. The summed E-state index contributed by atoms with van der Waals surface area (Å²) in [6, 6.07) is 14.4. The Balaban J connectivity index is 1.68. The summed E-state index contributed by atoms with van der Waals surface area (Å²) >= 11 is 1.62. The minimum absolute atomic E-state index is 0.208. The number of amides is 1. The molecule has 0 spiro atoms. The van der Waals surface area contributed by atoms with Gasteiger partial charge in [-0.25, -0.2) is 0 Å². The number of aliphatic hydroxyl groups excluding tert-OH is 1. The molecule has 0 aliphatic rings. The number of ether oxygens (including phenoxy) is 1. The quantitative estimate of drug-likeness (QED) is 0.418. The lowest BCUT2D eigenvalue weighted by atomic mass is 10.0. The molecule has 2 aromatic carbocycles. The monoisotopic (exact) mass is 419 g/mol. The number of aromatic amines is 1. The smallest absolute Gasteiger partial charge is 0.255 e. The highest BCUT2D eigenvalue weighted by Crippen LogP contribution is 2.32. The fourth-order valence-corrected chi connectivity index (χ4v) is 3.95. The molecule has 2 heterocycles. The van der Waals surface area contributed by atoms with Gasteiger partial charge in [-0.2, -0.15) is 16.4 Å². The van der Waals surface area contributed by atoms with Crippen LogP contribution in [0.15, 0.2) is 59.3 Å². The Bertz CT molecular complexity index is 1170. The average Bonchev–Trinajstić information content (AvgIpc) is 3.45. The second-order valence-electron chi connectivity index (χ2n) is 6.69. The number of carbonyl (C=O) groups excluding carboxylic acids is 1. The number of aromatic nitrogens is 2. The Hall–Kier alpha value is -3.42. The standard InChI is InChI=1S/C23H21N3O3S/c1-29-22-17(23(28)24-20(13-27)16-5-3-2-4-6-16)8-10-19-21(22)18(25-26-19)9-7-15-11-12-30-14-15/h2-12,14,20,27H,13H2,1H3,(H,24,28)(H,25,26)/b9-7+/t20-/m1/s1. The minimum Gasteiger partial charge on any atom is -0.495 e. The number of carbonyl (C=O) groups is 1. The SMILES string of the molecule is COc1c(C(=O)N[C@H](CO)c2ccccc2)ccc2[nH]nc(/C=C/c3ccsc3)c12. The van der Waals surface area contributed by atoms with E-state index in [1.165, 1.54) is 7.11 Å². The van der Waals surface area contributed by atoms with E-state index in [0.717, 1.165) is 22.0 Å². The molecule has 0 aliphatic heterocycles. The van der Waals surface area contributed by atoms with Gasteiger partial charge in [-0.3, -0.25) is 9.89 Å². The molecule has 1 amide bonds. The predicted octanol–water partition coefficient (Wildman–Crippen LogP) is 4.27. The number of hydrogen-bond donors (Lipinski definition) is 3. The van der Waals surface area contributed by atoms with Crippen LogP contribution in [-0.2, 0) is 0 Å². The van der Waals surface area contributed by atoms with E-state index < -0.39 is 6.04 Å². The summed E-state index contributed by atoms with van der Waals surface area (Å²) in [5.74, 6) is 0.110. The molecule has 30 heavy (non-hydrogen) atoms. The number of methoxy groups -OCH3 is 1. The van der Waals surface area contributed by atoms with Crippen LogP contribution in [0.3, 0.4) is 0 Å². The first-order chi connectivity index (χ1) is 14.7. The van der Waals surface area contributed by atoms with Gasteiger partial charge in [0, 0.05) is 0 Å². The van der Waals surface area contributed by atoms with Gasteiger partial charge in [0.05, 0.1) is 41.9 Å². The van der Waals surface area contributed by atoms with Crippen molar-refractivity contribution in [2.75, 3.05) is 13.7 Å². The van der Waals surface area contributed by atoms with Crippen molar-refractivity contribution < 1.29 is 14.6 Å². The molecule has 152 valence electrons. The van der Waals surface area contributed by atoms with Gasteiger partial charge in [0.1, 0.15) is 5.75 Å². The molecule has 0 bridgehead atoms. The van der Waals surface area contributed by atoms with Crippen molar-refractivity contribution in [1.82, 2.24) is 15.5 Å². The number of benzene rings is 2. The van der Waals surface area contributed by atoms with Crippen LogP contribution in [0.5, 0.6) is 5.75 Å². The minimum atomic E-state index is -0.513. The molecule has 2 aromatic heterocycles. The highest BCUT2D eigenvalue weighted by atomic mass is 32.1. The third-order valence-electron chi connectivity index (χ3n) is 4.83. The van der Waals surface area contributed by atoms with Crippen LogP contribution in [0.1, 0.15) is 33.2 Å². The van der Waals surface area contributed by atoms with E-state index in [-0.39, 0.29) is 12.5 Å². The molecule has 7 heteroatoms. The van der Waals surface area contributed by atoms with E-state index in [1.54, 1.807) is 23.5 Å². The maximum Gasteiger partial charge on any atom is 0.255 e. The summed E-state index contributed by atoms with van der Waals surface area (Å²) < 4.78 is 5.62. The van der Waals surface area contributed by atoms with Crippen molar-refractivity contribution in [2.24, 2.45) is 0 Å². The summed E-state index contributed by atoms with van der Waals surface area (Å²) in [4.78, 5) is 13.0. The van der Waals surface area contributed by atoms with Gasteiger partial charge in [-0.05, 0) is 46.2 Å². The molecule has 4 rings (SSSR count). The largest absolute Gasteiger partial charge is 0.495 e. The second kappa shape index (κ2) is 8.94. The Morgan fingerprint density at radius 2 is 2.07 bits per heavy atom. The normalized spacial score (nSPS) is 12.3. The number of aliphatic hydroxyl groups is 1. The molecule has 4 aromatic rings. The Morgan fingerprint density at radius 1 is 1.23 bits per heavy atom. The molecule has 0 saturated carbocycles. The maximum atomic E-state index is 13.0. The van der Waals surface area contributed by atoms with E-state index in [9.17, 15) is 9.90 Å². The number of fused-ring (bicyclic) bond motifs is 1. The topological polar surface area (TPSA) is 87.2 Å². The van der Waals surface area contributed by atoms with Crippen LogP contribution in [0.4, 0.5) is 0 Å². The van der Waals surface area contributed by atoms with Crippen molar-refractivity contribution in [2.45, 2.75) is 6.04 Å². The predicted molar refractivity (Wildman–Crippen MR) is 120 cm³/mol. The lowest BCUT2D eigenvalue weighted by molar-refractivity contribution is 0.0913. The molecular formula is C23H21N3O3S. The molecule has 0 fully saturated rings. The summed E-state index contributed by atoms with van der Waals surface area (Å²) in [6.45, 7) is -0.208. The van der Waals surface area contributed by atoms with Gasteiger partial charge in [-0.15, -0.1) is 0 Å². The van der Waals surface area contributed by atoms with Crippen LogP contribution >= 0.6 is 11.3 Å². The lowest BCUT2D eigenvalue weighted by Gasteiger charge is -2.18. The van der Waals surface area contributed by atoms with Crippen LogP contribution < -0.4 is 10.1 Å². The van der Waals surface area contributed by atoms with Crippen LogP contribution in [-0.4, -0.2) is 34.9 Å². The summed E-state index contributed by atoms with van der Waals surface area (Å²) in [5, 5.41) is 24.8. The number of thiophene rings is 1. The molecular weight excluding hydrogens is 398 g/mol. The van der Waals surface area contributed by atoms with Crippen LogP contribution in [0.25, 0.3) is 23.1 Å². The fraction of sp³-hybridized carbons (Fsp3) is 0.130. The first-order valence-electron chi connectivity index (χ1n) is 9.43. The number of rotatable bonds is 7. The van der Waals surface area contributed by atoms with Crippen molar-refractivity contribution in [3.63, 3.8) is 0 Å². The van der Waals surface area contributed by atoms with Gasteiger partial charge < -0.3 is 15.2 Å². The van der Waals surface area contributed by atoms with Gasteiger partial charge in [0.2, 0.25) is 0 Å². The molecule has 6 nitrogen and oxygen atoms in total. The second-order valence-corrected chi connectivity index (χ2v) is 7.47. The van der Waals surface area contributed by atoms with Crippen molar-refractivity contribution >= 4 is 40.3 Å². The zero-order valence-electron chi connectivity index (χ0n) is 16.3. The van der Waals surface area contributed by atoms with E-state index >= 15 is 0 Å². The van der Waals surface area contributed by atoms with E-state index in [1.807, 2.05) is 59.3 Å². The lowest BCUT2D eigenvalue weighted by Crippen LogP contribution is -2.31. The first-order valence-corrected chi connectivity index (χ1v) is 10.4. The van der Waals surface area contributed by atoms with E-state index in [4.69, 9.17) is 4.74 Å². The Labute approximate surface area is 177 Å². The maximum absolute atomic E-state index is 13.0. The number of hydrogen-bond acceptors (Lipinski definition) is 5. The van der Waals surface area contributed by atoms with Gasteiger partial charge in [-0.1, -0.05) is 36.4 Å². The summed E-state index contributed by atoms with van der Waals surface area (Å²) in [6.07, 6.45) is 3.86. The zero-order valence-corrected chi connectivity index (χ0v) is 17.1. The molecule has 0 aliphatic carbocycles. The third kappa shape index (κ3) is 3.98. The van der Waals surface area contributed by atoms with Crippen LogP contribution in [0.2, 0.25) is 0 Å². The molecule has 0 saturated heterocycles. The fourth-order valence-electron chi connectivity index (χ4n) is 3.32. The van der Waals surface area contributed by atoms with Crippen molar-refractivity contribution in [3.8, 4) is 5.75 Å². The van der Waals surface area contributed by atoms with Crippen LogP contribution in [0, 0.1) is 0 Å². The van der Waals surface area contributed by atoms with Gasteiger partial charge in [0.25, 0.3) is 5.91 Å². The zero-order chi connectivity index (χ0) is 20.9. The Kier molecular flexibility index (Phi) is 5.92. The van der Waals surface area contributed by atoms with Gasteiger partial charge >= 0.3 is 0 Å². The van der Waals surface area contributed by atoms with Crippen molar-refractivity contribution in [1.29, 1.82) is 0 Å². The molecule has 0 unspecified atom stereocenters. The molecule has 0 radical (unpaired) electrons. The van der Waals surface area contributed by atoms with E-state index in [0.29, 0.717) is 17.0 Å². The van der Waals surface area contributed by atoms with Gasteiger partial charge in [0.15, 0.2) is 0 Å². The molecule has 3 N–H and O–H groups in total. The third-order valence-corrected chi connectivity index (χ3v) is 5.53. The highest BCUT2D eigenvalue weighted by Gasteiger charge is 2.21. The number of H-pyrrole nitrogens is 1. The van der Waals surface area contributed by atoms with Crippen molar-refractivity contribution in [3.05, 3.63) is 81.7 Å². The highest BCUT2D eigenvalue weighted by molar-refractivity contribution is 7.08.